The minimum atomic E-state index is -0.202. The number of carbonyl (C=O) groups is 2. The third-order valence-corrected chi connectivity index (χ3v) is 7.37. The van der Waals surface area contributed by atoms with Gasteiger partial charge in [0.1, 0.15) is 6.61 Å². The van der Waals surface area contributed by atoms with Crippen molar-refractivity contribution in [3.05, 3.63) is 95.8 Å². The monoisotopic (exact) mass is 531 g/mol. The van der Waals surface area contributed by atoms with Gasteiger partial charge in [-0.2, -0.15) is 0 Å². The number of nitrogens with zero attached hydrogens (tertiary/aromatic N) is 3. The van der Waals surface area contributed by atoms with Crippen LogP contribution in [0.15, 0.2) is 79.0 Å². The summed E-state index contributed by atoms with van der Waals surface area (Å²) in [5.74, 6) is -0.228. The smallest absolute Gasteiger partial charge is 0.249 e. The molecule has 0 atom stereocenters. The number of amides is 2. The minimum Gasteiger partial charge on any atom is -0.383 e. The fraction of sp³-hybridized carbons (Fsp3) is 0.438. The summed E-state index contributed by atoms with van der Waals surface area (Å²) in [5, 5.41) is 0. The third-order valence-electron chi connectivity index (χ3n) is 7.37. The molecule has 2 amide bonds. The Hall–Kier alpha value is -3.42. The van der Waals surface area contributed by atoms with E-state index in [-0.39, 0.29) is 31.0 Å². The van der Waals surface area contributed by atoms with E-state index in [0.29, 0.717) is 26.3 Å². The first-order valence-corrected chi connectivity index (χ1v) is 14.0. The highest BCUT2D eigenvalue weighted by Crippen LogP contribution is 2.25. The van der Waals surface area contributed by atoms with Crippen LogP contribution in [-0.4, -0.2) is 65.6 Å². The summed E-state index contributed by atoms with van der Waals surface area (Å²) in [6.07, 6.45) is 7.53. The lowest BCUT2D eigenvalue weighted by atomic mass is 9.94. The Morgan fingerprint density at radius 3 is 2.26 bits per heavy atom. The van der Waals surface area contributed by atoms with Gasteiger partial charge < -0.3 is 23.8 Å². The van der Waals surface area contributed by atoms with Crippen LogP contribution in [0.5, 0.6) is 0 Å². The van der Waals surface area contributed by atoms with Crippen molar-refractivity contribution < 1.29 is 19.1 Å². The van der Waals surface area contributed by atoms with Gasteiger partial charge >= 0.3 is 0 Å². The molecule has 1 aliphatic rings. The summed E-state index contributed by atoms with van der Waals surface area (Å²) in [6, 6.07) is 24.4. The zero-order chi connectivity index (χ0) is 27.3. The molecule has 3 aromatic rings. The van der Waals surface area contributed by atoms with Gasteiger partial charge in [-0.25, -0.2) is 0 Å². The van der Waals surface area contributed by atoms with Gasteiger partial charge in [-0.05, 0) is 36.1 Å². The first kappa shape index (κ1) is 28.6. The second-order valence-electron chi connectivity index (χ2n) is 10.2. The molecule has 0 radical (unpaired) electrons. The second kappa shape index (κ2) is 15.2. The van der Waals surface area contributed by atoms with Crippen LogP contribution >= 0.6 is 0 Å². The topological polar surface area (TPSA) is 64.0 Å². The number of ether oxygens (including phenoxy) is 2. The van der Waals surface area contributed by atoms with E-state index in [1.54, 1.807) is 12.0 Å². The summed E-state index contributed by atoms with van der Waals surface area (Å²) in [5.41, 5.74) is 3.32. The highest BCUT2D eigenvalue weighted by molar-refractivity contribution is 5.85. The molecule has 0 N–H and O–H groups in total. The van der Waals surface area contributed by atoms with Crippen LogP contribution in [0.2, 0.25) is 0 Å². The lowest BCUT2D eigenvalue weighted by molar-refractivity contribution is -0.146. The quantitative estimate of drug-likeness (QED) is 0.297. The lowest BCUT2D eigenvalue weighted by Gasteiger charge is -2.36. The lowest BCUT2D eigenvalue weighted by Crippen LogP contribution is -2.48. The molecule has 1 aliphatic carbocycles. The largest absolute Gasteiger partial charge is 0.383 e. The maximum absolute atomic E-state index is 13.9. The van der Waals surface area contributed by atoms with Crippen LogP contribution in [0, 0.1) is 0 Å². The molecule has 0 bridgehead atoms. The van der Waals surface area contributed by atoms with Crippen molar-refractivity contribution in [3.8, 4) is 0 Å². The first-order chi connectivity index (χ1) is 19.1. The molecule has 4 rings (SSSR count). The molecule has 0 spiro atoms. The van der Waals surface area contributed by atoms with Gasteiger partial charge in [0.15, 0.2) is 0 Å². The zero-order valence-electron chi connectivity index (χ0n) is 23.0. The van der Waals surface area contributed by atoms with Crippen molar-refractivity contribution in [2.45, 2.75) is 57.8 Å². The first-order valence-electron chi connectivity index (χ1n) is 14.0. The Balaban J connectivity index is 1.44. The van der Waals surface area contributed by atoms with Crippen LogP contribution in [0.4, 0.5) is 0 Å². The Bertz CT molecular complexity index is 1140. The molecular formula is C32H41N3O4. The minimum absolute atomic E-state index is 0.0206. The molecule has 0 aliphatic heterocycles. The van der Waals surface area contributed by atoms with Crippen molar-refractivity contribution in [1.29, 1.82) is 0 Å². The summed E-state index contributed by atoms with van der Waals surface area (Å²) < 4.78 is 13.2. The predicted octanol–water partition coefficient (Wildman–Crippen LogP) is 4.89. The molecule has 7 nitrogen and oxygen atoms in total. The van der Waals surface area contributed by atoms with E-state index in [4.69, 9.17) is 9.47 Å². The Kier molecular flexibility index (Phi) is 11.2. The zero-order valence-corrected chi connectivity index (χ0v) is 23.0. The number of aromatic nitrogens is 1. The summed E-state index contributed by atoms with van der Waals surface area (Å²) in [4.78, 5) is 30.6. The molecule has 0 saturated heterocycles. The van der Waals surface area contributed by atoms with Gasteiger partial charge in [-0.3, -0.25) is 9.59 Å². The van der Waals surface area contributed by atoms with Gasteiger partial charge in [0.05, 0.1) is 26.3 Å². The van der Waals surface area contributed by atoms with E-state index >= 15 is 0 Å². The number of carbonyl (C=O) groups excluding carboxylic acids is 2. The molecular weight excluding hydrogens is 490 g/mol. The number of hydrogen-bond donors (Lipinski definition) is 0. The van der Waals surface area contributed by atoms with E-state index in [2.05, 4.69) is 29.0 Å². The van der Waals surface area contributed by atoms with Gasteiger partial charge in [-0.1, -0.05) is 79.9 Å². The van der Waals surface area contributed by atoms with Crippen LogP contribution in [-0.2, 0) is 38.8 Å². The van der Waals surface area contributed by atoms with Crippen molar-refractivity contribution in [3.63, 3.8) is 0 Å². The third kappa shape index (κ3) is 8.80. The molecule has 39 heavy (non-hydrogen) atoms. The fourth-order valence-corrected chi connectivity index (χ4v) is 5.18. The van der Waals surface area contributed by atoms with E-state index in [0.717, 1.165) is 43.5 Å². The summed E-state index contributed by atoms with van der Waals surface area (Å²) in [6.45, 7) is 2.29. The van der Waals surface area contributed by atoms with E-state index in [9.17, 15) is 9.59 Å². The van der Waals surface area contributed by atoms with Gasteiger partial charge in [-0.15, -0.1) is 0 Å². The molecule has 1 fully saturated rings. The van der Waals surface area contributed by atoms with Crippen molar-refractivity contribution >= 4 is 11.8 Å². The van der Waals surface area contributed by atoms with Crippen molar-refractivity contribution in [2.75, 3.05) is 33.4 Å². The summed E-state index contributed by atoms with van der Waals surface area (Å²) in [7, 11) is 1.60. The molecule has 2 aromatic carbocycles. The number of hydrogen-bond acceptors (Lipinski definition) is 4. The SMILES string of the molecule is COCCN(CC(=O)N(Cc1cccn1Cc1ccccc1)C1CCCCC1)C(=O)COCc1ccccc1. The number of benzene rings is 2. The molecule has 1 saturated carbocycles. The maximum atomic E-state index is 13.9. The molecule has 1 heterocycles. The average molecular weight is 532 g/mol. The van der Waals surface area contributed by atoms with E-state index < -0.39 is 0 Å². The molecule has 208 valence electrons. The van der Waals surface area contributed by atoms with Crippen LogP contribution < -0.4 is 0 Å². The molecule has 1 aromatic heterocycles. The van der Waals surface area contributed by atoms with Gasteiger partial charge in [0.2, 0.25) is 11.8 Å². The normalized spacial score (nSPS) is 13.8. The Labute approximate surface area is 232 Å². The fourth-order valence-electron chi connectivity index (χ4n) is 5.18. The standard InChI is InChI=1S/C32H41N3O4/c1-38-21-20-34(32(37)26-39-25-28-14-7-3-8-15-28)24-31(36)35(29-16-9-4-10-17-29)23-30-18-11-19-33(30)22-27-12-5-2-6-13-27/h2-3,5-8,11-15,18-19,29H,4,9-10,16-17,20-26H2,1H3. The molecule has 0 unspecified atom stereocenters. The van der Waals surface area contributed by atoms with E-state index in [1.165, 1.54) is 12.0 Å². The van der Waals surface area contributed by atoms with E-state index in [1.807, 2.05) is 59.5 Å². The van der Waals surface area contributed by atoms with Crippen molar-refractivity contribution in [1.82, 2.24) is 14.4 Å². The second-order valence-corrected chi connectivity index (χ2v) is 10.2. The predicted molar refractivity (Wildman–Crippen MR) is 152 cm³/mol. The van der Waals surface area contributed by atoms with Crippen LogP contribution in [0.25, 0.3) is 0 Å². The van der Waals surface area contributed by atoms with Gasteiger partial charge in [0.25, 0.3) is 0 Å². The highest BCUT2D eigenvalue weighted by atomic mass is 16.5. The average Bonchev–Trinajstić information content (AvgIpc) is 3.41. The molecule has 7 heteroatoms. The maximum Gasteiger partial charge on any atom is 0.249 e. The Morgan fingerprint density at radius 2 is 1.56 bits per heavy atom. The van der Waals surface area contributed by atoms with Gasteiger partial charge in [0, 0.05) is 38.1 Å². The van der Waals surface area contributed by atoms with Crippen molar-refractivity contribution in [2.24, 2.45) is 0 Å². The number of rotatable bonds is 14. The highest BCUT2D eigenvalue weighted by Gasteiger charge is 2.29. The van der Waals surface area contributed by atoms with Crippen LogP contribution in [0.3, 0.4) is 0 Å². The number of methoxy groups -OCH3 is 1. The summed E-state index contributed by atoms with van der Waals surface area (Å²) >= 11 is 0. The van der Waals surface area contributed by atoms with Crippen LogP contribution in [0.1, 0.15) is 48.9 Å². The Morgan fingerprint density at radius 1 is 0.872 bits per heavy atom.